The Morgan fingerprint density at radius 3 is 2.40 bits per heavy atom. The molecule has 0 spiro atoms. The van der Waals surface area contributed by atoms with Crippen LogP contribution in [0.4, 0.5) is 13.2 Å². The molecule has 1 fully saturated rings. The van der Waals surface area contributed by atoms with Crippen LogP contribution in [0.3, 0.4) is 0 Å². The summed E-state index contributed by atoms with van der Waals surface area (Å²) in [6, 6.07) is -0.188. The third kappa shape index (κ3) is 3.67. The third-order valence-corrected chi connectivity index (χ3v) is 3.30. The first-order chi connectivity index (χ1) is 6.95. The van der Waals surface area contributed by atoms with E-state index in [1.165, 1.54) is 0 Å². The first-order valence-electron chi connectivity index (χ1n) is 5.78. The molecule has 15 heavy (non-hydrogen) atoms. The summed E-state index contributed by atoms with van der Waals surface area (Å²) in [5.41, 5.74) is 0. The lowest BCUT2D eigenvalue weighted by atomic mass is 9.83. The van der Waals surface area contributed by atoms with Crippen molar-refractivity contribution in [1.29, 1.82) is 0 Å². The van der Waals surface area contributed by atoms with E-state index < -0.39 is 12.1 Å². The molecule has 0 amide bonds. The Kier molecular flexibility index (Phi) is 4.44. The standard InChI is InChI=1S/C11H20F3N/c1-3-8(2)15-10-7-5-4-6-9(10)11(12,13)14/h8-10,15H,3-7H2,1-2H3. The van der Waals surface area contributed by atoms with Gasteiger partial charge in [0, 0.05) is 12.1 Å². The van der Waals surface area contributed by atoms with Gasteiger partial charge < -0.3 is 5.32 Å². The van der Waals surface area contributed by atoms with Crippen LogP contribution in [0.15, 0.2) is 0 Å². The predicted octanol–water partition coefficient (Wildman–Crippen LogP) is 3.50. The van der Waals surface area contributed by atoms with Crippen LogP contribution in [0.25, 0.3) is 0 Å². The van der Waals surface area contributed by atoms with Crippen molar-refractivity contribution in [3.63, 3.8) is 0 Å². The average Bonchev–Trinajstić information content (AvgIpc) is 2.17. The van der Waals surface area contributed by atoms with Crippen LogP contribution in [0.1, 0.15) is 46.0 Å². The van der Waals surface area contributed by atoms with Crippen LogP contribution in [0.5, 0.6) is 0 Å². The molecule has 1 saturated carbocycles. The molecule has 1 aliphatic rings. The summed E-state index contributed by atoms with van der Waals surface area (Å²) in [5, 5.41) is 3.11. The van der Waals surface area contributed by atoms with Gasteiger partial charge in [0.15, 0.2) is 0 Å². The first-order valence-corrected chi connectivity index (χ1v) is 5.78. The van der Waals surface area contributed by atoms with E-state index in [-0.39, 0.29) is 18.5 Å². The van der Waals surface area contributed by atoms with Crippen LogP contribution in [0, 0.1) is 5.92 Å². The molecule has 3 unspecified atom stereocenters. The maximum absolute atomic E-state index is 12.7. The minimum atomic E-state index is -4.04. The van der Waals surface area contributed by atoms with Crippen molar-refractivity contribution in [2.24, 2.45) is 5.92 Å². The molecular formula is C11H20F3N. The van der Waals surface area contributed by atoms with Crippen LogP contribution >= 0.6 is 0 Å². The van der Waals surface area contributed by atoms with E-state index in [2.05, 4.69) is 5.32 Å². The molecule has 0 heterocycles. The highest BCUT2D eigenvalue weighted by atomic mass is 19.4. The molecule has 0 radical (unpaired) electrons. The Morgan fingerprint density at radius 2 is 1.87 bits per heavy atom. The number of hydrogen-bond acceptors (Lipinski definition) is 1. The van der Waals surface area contributed by atoms with E-state index in [1.807, 2.05) is 13.8 Å². The minimum Gasteiger partial charge on any atom is -0.311 e. The smallest absolute Gasteiger partial charge is 0.311 e. The molecule has 1 nitrogen and oxygen atoms in total. The van der Waals surface area contributed by atoms with E-state index in [4.69, 9.17) is 0 Å². The Bertz CT molecular complexity index is 191. The fraction of sp³-hybridized carbons (Fsp3) is 1.00. The molecule has 1 rings (SSSR count). The van der Waals surface area contributed by atoms with Gasteiger partial charge in [-0.3, -0.25) is 0 Å². The van der Waals surface area contributed by atoms with Crippen LogP contribution in [-0.4, -0.2) is 18.3 Å². The van der Waals surface area contributed by atoms with Gasteiger partial charge in [0.05, 0.1) is 5.92 Å². The highest BCUT2D eigenvalue weighted by Crippen LogP contribution is 2.37. The second-order valence-corrected chi connectivity index (χ2v) is 4.52. The largest absolute Gasteiger partial charge is 0.393 e. The van der Waals surface area contributed by atoms with Gasteiger partial charge in [-0.05, 0) is 26.2 Å². The molecule has 1 N–H and O–H groups in total. The average molecular weight is 223 g/mol. The van der Waals surface area contributed by atoms with Crippen molar-refractivity contribution in [2.75, 3.05) is 0 Å². The molecular weight excluding hydrogens is 203 g/mol. The lowest BCUT2D eigenvalue weighted by Crippen LogP contribution is -2.48. The first kappa shape index (κ1) is 12.8. The molecule has 0 aromatic heterocycles. The normalized spacial score (nSPS) is 30.2. The highest BCUT2D eigenvalue weighted by Gasteiger charge is 2.45. The van der Waals surface area contributed by atoms with Gasteiger partial charge in [0.2, 0.25) is 0 Å². The molecule has 0 aliphatic heterocycles. The highest BCUT2D eigenvalue weighted by molar-refractivity contribution is 4.86. The summed E-state index contributed by atoms with van der Waals surface area (Å²) in [5.74, 6) is -1.14. The van der Waals surface area contributed by atoms with Gasteiger partial charge in [-0.15, -0.1) is 0 Å². The van der Waals surface area contributed by atoms with Gasteiger partial charge in [-0.25, -0.2) is 0 Å². The SMILES string of the molecule is CCC(C)NC1CCCCC1C(F)(F)F. The lowest BCUT2D eigenvalue weighted by molar-refractivity contribution is -0.189. The number of rotatable bonds is 3. The summed E-state index contributed by atoms with van der Waals surface area (Å²) < 4.78 is 38.1. The van der Waals surface area contributed by atoms with Crippen molar-refractivity contribution in [1.82, 2.24) is 5.32 Å². The van der Waals surface area contributed by atoms with Crippen molar-refractivity contribution in [3.8, 4) is 0 Å². The Hall–Kier alpha value is -0.250. The molecule has 0 bridgehead atoms. The maximum atomic E-state index is 12.7. The summed E-state index contributed by atoms with van der Waals surface area (Å²) >= 11 is 0. The number of nitrogens with one attached hydrogen (secondary N) is 1. The van der Waals surface area contributed by atoms with Gasteiger partial charge in [-0.1, -0.05) is 19.8 Å². The Morgan fingerprint density at radius 1 is 1.27 bits per heavy atom. The van der Waals surface area contributed by atoms with Gasteiger partial charge >= 0.3 is 6.18 Å². The van der Waals surface area contributed by atoms with E-state index in [1.54, 1.807) is 0 Å². The van der Waals surface area contributed by atoms with Gasteiger partial charge in [0.1, 0.15) is 0 Å². The molecule has 90 valence electrons. The molecule has 1 aliphatic carbocycles. The molecule has 4 heteroatoms. The quantitative estimate of drug-likeness (QED) is 0.772. The van der Waals surface area contributed by atoms with E-state index in [9.17, 15) is 13.2 Å². The number of halogens is 3. The van der Waals surface area contributed by atoms with Crippen molar-refractivity contribution < 1.29 is 13.2 Å². The zero-order valence-electron chi connectivity index (χ0n) is 9.40. The van der Waals surface area contributed by atoms with Crippen LogP contribution < -0.4 is 5.32 Å². The summed E-state index contributed by atoms with van der Waals surface area (Å²) in [7, 11) is 0. The molecule has 0 saturated heterocycles. The topological polar surface area (TPSA) is 12.0 Å². The van der Waals surface area contributed by atoms with Crippen molar-refractivity contribution in [2.45, 2.75) is 64.2 Å². The zero-order valence-corrected chi connectivity index (χ0v) is 9.40. The number of hydrogen-bond donors (Lipinski definition) is 1. The fourth-order valence-corrected chi connectivity index (χ4v) is 2.21. The molecule has 0 aromatic carbocycles. The minimum absolute atomic E-state index is 0.179. The van der Waals surface area contributed by atoms with Crippen molar-refractivity contribution >= 4 is 0 Å². The summed E-state index contributed by atoms with van der Waals surface area (Å²) in [6.07, 6.45) is -0.581. The predicted molar refractivity (Wildman–Crippen MR) is 54.7 cm³/mol. The van der Waals surface area contributed by atoms with Gasteiger partial charge in [-0.2, -0.15) is 13.2 Å². The Balaban J connectivity index is 2.58. The third-order valence-electron chi connectivity index (χ3n) is 3.30. The second-order valence-electron chi connectivity index (χ2n) is 4.52. The van der Waals surface area contributed by atoms with Crippen LogP contribution in [-0.2, 0) is 0 Å². The summed E-state index contributed by atoms with van der Waals surface area (Å²) in [4.78, 5) is 0. The van der Waals surface area contributed by atoms with Crippen LogP contribution in [0.2, 0.25) is 0 Å². The van der Waals surface area contributed by atoms with E-state index >= 15 is 0 Å². The lowest BCUT2D eigenvalue weighted by Gasteiger charge is -2.35. The second kappa shape index (κ2) is 5.19. The monoisotopic (exact) mass is 223 g/mol. The van der Waals surface area contributed by atoms with Crippen molar-refractivity contribution in [3.05, 3.63) is 0 Å². The Labute approximate surface area is 89.4 Å². The molecule has 3 atom stereocenters. The van der Waals surface area contributed by atoms with E-state index in [0.29, 0.717) is 12.8 Å². The maximum Gasteiger partial charge on any atom is 0.393 e. The molecule has 0 aromatic rings. The zero-order chi connectivity index (χ0) is 11.5. The van der Waals surface area contributed by atoms with Gasteiger partial charge in [0.25, 0.3) is 0 Å². The number of alkyl halides is 3. The summed E-state index contributed by atoms with van der Waals surface area (Å²) in [6.45, 7) is 3.94. The fourth-order valence-electron chi connectivity index (χ4n) is 2.21. The van der Waals surface area contributed by atoms with E-state index in [0.717, 1.165) is 12.8 Å².